The van der Waals surface area contributed by atoms with Gasteiger partial charge in [0.1, 0.15) is 5.60 Å². The standard InChI is InChI=1S/C16H22N2O2/c1-16(2,3)20-15(19)18-9-11-8-17-14-7-5-4-6-12(14)13(11)10-18/h4-7,11,13,17H,8-10H2,1-3H3/t11-,13-/m0/s1. The third-order valence-corrected chi connectivity index (χ3v) is 4.01. The number of anilines is 1. The van der Waals surface area contributed by atoms with Gasteiger partial charge in [-0.3, -0.25) is 0 Å². The Hall–Kier alpha value is -1.71. The Morgan fingerprint density at radius 2 is 2.05 bits per heavy atom. The molecule has 1 aromatic rings. The topological polar surface area (TPSA) is 41.6 Å². The van der Waals surface area contributed by atoms with Crippen LogP contribution in [-0.4, -0.2) is 36.2 Å². The number of nitrogens with one attached hydrogen (secondary N) is 1. The van der Waals surface area contributed by atoms with Gasteiger partial charge in [-0.1, -0.05) is 18.2 Å². The van der Waals surface area contributed by atoms with Gasteiger partial charge in [-0.2, -0.15) is 0 Å². The third kappa shape index (κ3) is 2.47. The zero-order chi connectivity index (χ0) is 14.3. The van der Waals surface area contributed by atoms with Crippen LogP contribution in [0.5, 0.6) is 0 Å². The van der Waals surface area contributed by atoms with Gasteiger partial charge in [0.2, 0.25) is 0 Å². The zero-order valence-electron chi connectivity index (χ0n) is 12.3. The first-order valence-electron chi connectivity index (χ1n) is 7.25. The highest BCUT2D eigenvalue weighted by molar-refractivity contribution is 5.69. The van der Waals surface area contributed by atoms with E-state index in [1.807, 2.05) is 31.7 Å². The van der Waals surface area contributed by atoms with Gasteiger partial charge in [0.25, 0.3) is 0 Å². The number of nitrogens with zero attached hydrogens (tertiary/aromatic N) is 1. The van der Waals surface area contributed by atoms with Crippen LogP contribution in [0.2, 0.25) is 0 Å². The number of fused-ring (bicyclic) bond motifs is 3. The maximum Gasteiger partial charge on any atom is 0.410 e. The molecule has 1 saturated heterocycles. The molecular formula is C16H22N2O2. The summed E-state index contributed by atoms with van der Waals surface area (Å²) >= 11 is 0. The Balaban J connectivity index is 1.75. The molecule has 1 amide bonds. The monoisotopic (exact) mass is 274 g/mol. The average molecular weight is 274 g/mol. The third-order valence-electron chi connectivity index (χ3n) is 4.01. The number of rotatable bonds is 0. The van der Waals surface area contributed by atoms with E-state index >= 15 is 0 Å². The number of carbonyl (C=O) groups excluding carboxylic acids is 1. The summed E-state index contributed by atoms with van der Waals surface area (Å²) in [5.41, 5.74) is 2.11. The van der Waals surface area contributed by atoms with E-state index in [1.54, 1.807) is 0 Å². The summed E-state index contributed by atoms with van der Waals surface area (Å²) in [5, 5.41) is 3.46. The first-order valence-corrected chi connectivity index (χ1v) is 7.25. The lowest BCUT2D eigenvalue weighted by Gasteiger charge is -2.28. The fourth-order valence-corrected chi connectivity index (χ4v) is 3.13. The van der Waals surface area contributed by atoms with E-state index in [0.29, 0.717) is 11.8 Å². The minimum Gasteiger partial charge on any atom is -0.444 e. The van der Waals surface area contributed by atoms with Gasteiger partial charge in [0, 0.05) is 37.2 Å². The van der Waals surface area contributed by atoms with Crippen molar-refractivity contribution in [2.75, 3.05) is 25.0 Å². The second kappa shape index (κ2) is 4.69. The summed E-state index contributed by atoms with van der Waals surface area (Å²) in [6.45, 7) is 8.20. The molecule has 2 heterocycles. The molecule has 0 saturated carbocycles. The van der Waals surface area contributed by atoms with Gasteiger partial charge in [-0.05, 0) is 32.4 Å². The van der Waals surface area contributed by atoms with E-state index in [1.165, 1.54) is 11.3 Å². The molecule has 0 bridgehead atoms. The van der Waals surface area contributed by atoms with Gasteiger partial charge in [-0.25, -0.2) is 4.79 Å². The molecule has 2 aliphatic heterocycles. The number of amides is 1. The van der Waals surface area contributed by atoms with E-state index in [0.717, 1.165) is 19.6 Å². The van der Waals surface area contributed by atoms with E-state index in [2.05, 4.69) is 23.5 Å². The molecular weight excluding hydrogens is 252 g/mol. The highest BCUT2D eigenvalue weighted by Crippen LogP contribution is 2.40. The van der Waals surface area contributed by atoms with Crippen LogP contribution in [0.1, 0.15) is 32.3 Å². The highest BCUT2D eigenvalue weighted by Gasteiger charge is 2.40. The molecule has 0 spiro atoms. The largest absolute Gasteiger partial charge is 0.444 e. The minimum atomic E-state index is -0.430. The lowest BCUT2D eigenvalue weighted by molar-refractivity contribution is 0.0287. The molecule has 1 aromatic carbocycles. The molecule has 0 aromatic heterocycles. The van der Waals surface area contributed by atoms with E-state index in [4.69, 9.17) is 4.74 Å². The van der Waals surface area contributed by atoms with Crippen LogP contribution in [0.3, 0.4) is 0 Å². The maximum atomic E-state index is 12.2. The summed E-state index contributed by atoms with van der Waals surface area (Å²) in [7, 11) is 0. The second-order valence-electron chi connectivity index (χ2n) is 6.72. The van der Waals surface area contributed by atoms with Crippen LogP contribution in [0.25, 0.3) is 0 Å². The van der Waals surface area contributed by atoms with Crippen molar-refractivity contribution in [3.63, 3.8) is 0 Å². The van der Waals surface area contributed by atoms with Gasteiger partial charge < -0.3 is 15.0 Å². The Morgan fingerprint density at radius 3 is 2.80 bits per heavy atom. The van der Waals surface area contributed by atoms with E-state index < -0.39 is 5.60 Å². The minimum absolute atomic E-state index is 0.190. The van der Waals surface area contributed by atoms with Crippen molar-refractivity contribution in [3.05, 3.63) is 29.8 Å². The van der Waals surface area contributed by atoms with Crippen molar-refractivity contribution in [2.24, 2.45) is 5.92 Å². The van der Waals surface area contributed by atoms with Crippen molar-refractivity contribution in [1.29, 1.82) is 0 Å². The molecule has 0 aliphatic carbocycles. The summed E-state index contributed by atoms with van der Waals surface area (Å²) < 4.78 is 5.48. The fraction of sp³-hybridized carbons (Fsp3) is 0.562. The maximum absolute atomic E-state index is 12.2. The molecule has 2 atom stereocenters. The van der Waals surface area contributed by atoms with Crippen molar-refractivity contribution >= 4 is 11.8 Å². The normalized spacial score (nSPS) is 24.6. The number of benzene rings is 1. The van der Waals surface area contributed by atoms with Crippen molar-refractivity contribution < 1.29 is 9.53 Å². The first kappa shape index (κ1) is 13.3. The van der Waals surface area contributed by atoms with Crippen molar-refractivity contribution in [3.8, 4) is 0 Å². The first-order chi connectivity index (χ1) is 9.44. The quantitative estimate of drug-likeness (QED) is 0.790. The van der Waals surface area contributed by atoms with Crippen LogP contribution in [0, 0.1) is 5.92 Å². The predicted octanol–water partition coefficient (Wildman–Crippen LogP) is 3.06. The molecule has 2 aliphatic rings. The van der Waals surface area contributed by atoms with Crippen LogP contribution >= 0.6 is 0 Å². The van der Waals surface area contributed by atoms with Gasteiger partial charge in [0.05, 0.1) is 0 Å². The summed E-state index contributed by atoms with van der Waals surface area (Å²) in [4.78, 5) is 14.1. The van der Waals surface area contributed by atoms with Gasteiger partial charge in [0.15, 0.2) is 0 Å². The van der Waals surface area contributed by atoms with E-state index in [-0.39, 0.29) is 6.09 Å². The molecule has 3 rings (SSSR count). The molecule has 0 radical (unpaired) electrons. The van der Waals surface area contributed by atoms with Crippen molar-refractivity contribution in [1.82, 2.24) is 4.90 Å². The summed E-state index contributed by atoms with van der Waals surface area (Å²) in [6, 6.07) is 8.39. The number of ether oxygens (including phenoxy) is 1. The predicted molar refractivity (Wildman–Crippen MR) is 79.0 cm³/mol. The van der Waals surface area contributed by atoms with Crippen LogP contribution in [0.15, 0.2) is 24.3 Å². The molecule has 4 nitrogen and oxygen atoms in total. The molecule has 1 fully saturated rings. The van der Waals surface area contributed by atoms with Gasteiger partial charge in [-0.15, -0.1) is 0 Å². The lowest BCUT2D eigenvalue weighted by atomic mass is 9.85. The molecule has 20 heavy (non-hydrogen) atoms. The van der Waals surface area contributed by atoms with Crippen molar-refractivity contribution in [2.45, 2.75) is 32.3 Å². The second-order valence-corrected chi connectivity index (χ2v) is 6.72. The zero-order valence-corrected chi connectivity index (χ0v) is 12.3. The van der Waals surface area contributed by atoms with Crippen LogP contribution < -0.4 is 5.32 Å². The molecule has 0 unspecified atom stereocenters. The molecule has 4 heteroatoms. The number of para-hydroxylation sites is 1. The van der Waals surface area contributed by atoms with Crippen LogP contribution in [0.4, 0.5) is 10.5 Å². The Bertz CT molecular complexity index is 521. The number of carbonyl (C=O) groups is 1. The lowest BCUT2D eigenvalue weighted by Crippen LogP contribution is -2.35. The number of hydrogen-bond donors (Lipinski definition) is 1. The SMILES string of the molecule is CC(C)(C)OC(=O)N1C[C@@H]2CNc3ccccc3[C@H]2C1. The molecule has 1 N–H and O–H groups in total. The Labute approximate surface area is 120 Å². The van der Waals surface area contributed by atoms with E-state index in [9.17, 15) is 4.79 Å². The van der Waals surface area contributed by atoms with Crippen LogP contribution in [-0.2, 0) is 4.74 Å². The highest BCUT2D eigenvalue weighted by atomic mass is 16.6. The Morgan fingerprint density at radius 1 is 1.30 bits per heavy atom. The molecule has 108 valence electrons. The summed E-state index contributed by atoms with van der Waals surface area (Å²) in [5.74, 6) is 0.914. The fourth-order valence-electron chi connectivity index (χ4n) is 3.13. The Kier molecular flexibility index (Phi) is 3.11. The smallest absolute Gasteiger partial charge is 0.410 e. The summed E-state index contributed by atoms with van der Waals surface area (Å²) in [6.07, 6.45) is -0.190. The average Bonchev–Trinajstić information content (AvgIpc) is 2.81. The number of hydrogen-bond acceptors (Lipinski definition) is 3. The van der Waals surface area contributed by atoms with Gasteiger partial charge >= 0.3 is 6.09 Å². The number of likely N-dealkylation sites (tertiary alicyclic amines) is 1.